The number of carbonyl (C=O) groups excluding carboxylic acids is 1. The molecule has 0 heterocycles. The van der Waals surface area contributed by atoms with E-state index in [4.69, 9.17) is 16.3 Å². The molecule has 1 N–H and O–H groups in total. The van der Waals surface area contributed by atoms with Crippen molar-refractivity contribution in [3.8, 4) is 11.8 Å². The summed E-state index contributed by atoms with van der Waals surface area (Å²) in [7, 11) is 0. The van der Waals surface area contributed by atoms with Crippen molar-refractivity contribution < 1.29 is 9.53 Å². The van der Waals surface area contributed by atoms with Crippen molar-refractivity contribution in [1.82, 2.24) is 5.32 Å². The van der Waals surface area contributed by atoms with Gasteiger partial charge in [0.15, 0.2) is 0 Å². The summed E-state index contributed by atoms with van der Waals surface area (Å²) in [6.07, 6.45) is 1.14. The first kappa shape index (κ1) is 15.7. The first-order valence-electron chi connectivity index (χ1n) is 7.02. The van der Waals surface area contributed by atoms with Crippen LogP contribution >= 0.6 is 11.6 Å². The largest absolute Gasteiger partial charge is 0.444 e. The van der Waals surface area contributed by atoms with Gasteiger partial charge in [-0.1, -0.05) is 17.5 Å². The minimum atomic E-state index is -0.488. The van der Waals surface area contributed by atoms with Crippen LogP contribution in [0, 0.1) is 11.8 Å². The summed E-state index contributed by atoms with van der Waals surface area (Å²) in [4.78, 5) is 11.9. The number of ether oxygens (including phenoxy) is 1. The van der Waals surface area contributed by atoms with Gasteiger partial charge in [-0.3, -0.25) is 0 Å². The van der Waals surface area contributed by atoms with Gasteiger partial charge in [0.25, 0.3) is 0 Å². The molecule has 0 radical (unpaired) electrons. The third-order valence-electron chi connectivity index (χ3n) is 3.20. The van der Waals surface area contributed by atoms with E-state index in [1.54, 1.807) is 6.92 Å². The Morgan fingerprint density at radius 2 is 2.10 bits per heavy atom. The molecule has 21 heavy (non-hydrogen) atoms. The van der Waals surface area contributed by atoms with Crippen LogP contribution in [0.3, 0.4) is 0 Å². The van der Waals surface area contributed by atoms with Crippen molar-refractivity contribution in [2.45, 2.75) is 52.2 Å². The molecule has 1 unspecified atom stereocenters. The van der Waals surface area contributed by atoms with Gasteiger partial charge in [-0.15, -0.1) is 5.92 Å². The number of hydrogen-bond donors (Lipinski definition) is 1. The Labute approximate surface area is 131 Å². The monoisotopic (exact) mass is 305 g/mol. The summed E-state index contributed by atoms with van der Waals surface area (Å²) in [5.41, 5.74) is 2.79. The first-order valence-corrected chi connectivity index (χ1v) is 7.40. The van der Waals surface area contributed by atoms with Crippen LogP contribution in [0.15, 0.2) is 12.1 Å². The average Bonchev–Trinajstić information content (AvgIpc) is 2.68. The van der Waals surface area contributed by atoms with Gasteiger partial charge in [0.2, 0.25) is 0 Å². The highest BCUT2D eigenvalue weighted by Crippen LogP contribution is 2.29. The summed E-state index contributed by atoms with van der Waals surface area (Å²) in [5, 5.41) is 3.60. The predicted octanol–water partition coefficient (Wildman–Crippen LogP) is 3.70. The summed E-state index contributed by atoms with van der Waals surface area (Å²) in [6.45, 7) is 7.36. The maximum absolute atomic E-state index is 11.9. The summed E-state index contributed by atoms with van der Waals surface area (Å²) in [5.74, 6) is 5.99. The fourth-order valence-electron chi connectivity index (χ4n) is 2.52. The Morgan fingerprint density at radius 1 is 1.38 bits per heavy atom. The number of benzene rings is 1. The van der Waals surface area contributed by atoms with E-state index >= 15 is 0 Å². The normalized spacial score (nSPS) is 16.7. The van der Waals surface area contributed by atoms with E-state index in [1.165, 1.54) is 5.56 Å². The number of rotatable bonds is 1. The van der Waals surface area contributed by atoms with Crippen LogP contribution in [0.25, 0.3) is 0 Å². The molecule has 2 rings (SSSR count). The molecule has 112 valence electrons. The van der Waals surface area contributed by atoms with E-state index in [1.807, 2.05) is 32.9 Å². The molecule has 0 bridgehead atoms. The van der Waals surface area contributed by atoms with Crippen LogP contribution in [0.4, 0.5) is 4.79 Å². The van der Waals surface area contributed by atoms with Crippen molar-refractivity contribution >= 4 is 17.7 Å². The predicted molar refractivity (Wildman–Crippen MR) is 84.6 cm³/mol. The zero-order chi connectivity index (χ0) is 15.6. The topological polar surface area (TPSA) is 38.3 Å². The standard InChI is InChI=1S/C17H20ClNO2/c1-5-6-11-7-13(18)8-12-9-14(10-15(11)12)19-16(20)21-17(2,3)4/h7-8,14H,9-10H2,1-4H3,(H,19,20). The molecule has 4 heteroatoms. The summed E-state index contributed by atoms with van der Waals surface area (Å²) < 4.78 is 5.30. The molecule has 1 aromatic rings. The lowest BCUT2D eigenvalue weighted by molar-refractivity contribution is 0.0506. The average molecular weight is 306 g/mol. The van der Waals surface area contributed by atoms with Crippen LogP contribution in [-0.4, -0.2) is 17.7 Å². The van der Waals surface area contributed by atoms with Crippen molar-refractivity contribution in [2.24, 2.45) is 0 Å². The summed E-state index contributed by atoms with van der Waals surface area (Å²) >= 11 is 6.13. The van der Waals surface area contributed by atoms with Crippen molar-refractivity contribution in [3.63, 3.8) is 0 Å². The number of amides is 1. The molecular weight excluding hydrogens is 286 g/mol. The van der Waals surface area contributed by atoms with Gasteiger partial charge in [0.05, 0.1) is 0 Å². The lowest BCUT2D eigenvalue weighted by atomic mass is 10.0. The molecule has 0 saturated carbocycles. The SMILES string of the molecule is CC#Cc1cc(Cl)cc2c1CC(NC(=O)OC(C)(C)C)C2. The van der Waals surface area contributed by atoms with Crippen molar-refractivity contribution in [2.75, 3.05) is 0 Å². The van der Waals surface area contributed by atoms with E-state index < -0.39 is 5.60 Å². The van der Waals surface area contributed by atoms with Gasteiger partial charge in [-0.25, -0.2) is 4.79 Å². The molecule has 0 aromatic heterocycles. The third-order valence-corrected chi connectivity index (χ3v) is 3.42. The number of alkyl carbamates (subject to hydrolysis) is 1. The van der Waals surface area contributed by atoms with Gasteiger partial charge in [0.1, 0.15) is 5.60 Å². The maximum Gasteiger partial charge on any atom is 0.407 e. The minimum absolute atomic E-state index is 0.0331. The van der Waals surface area contributed by atoms with Crippen molar-refractivity contribution in [3.05, 3.63) is 33.8 Å². The molecule has 3 nitrogen and oxygen atoms in total. The molecular formula is C17H20ClNO2. The molecule has 1 aliphatic carbocycles. The Bertz CT molecular complexity index is 620. The second kappa shape index (κ2) is 5.99. The smallest absolute Gasteiger partial charge is 0.407 e. The van der Waals surface area contributed by atoms with Crippen LogP contribution in [0.1, 0.15) is 44.4 Å². The zero-order valence-corrected chi connectivity index (χ0v) is 13.6. The van der Waals surface area contributed by atoms with Crippen LogP contribution in [0.5, 0.6) is 0 Å². The number of hydrogen-bond acceptors (Lipinski definition) is 2. The van der Waals surface area contributed by atoms with Crippen molar-refractivity contribution in [1.29, 1.82) is 0 Å². The Balaban J connectivity index is 2.10. The van der Waals surface area contributed by atoms with Crippen LogP contribution in [0.2, 0.25) is 5.02 Å². The van der Waals surface area contributed by atoms with Crippen LogP contribution < -0.4 is 5.32 Å². The Kier molecular flexibility index (Phi) is 4.49. The van der Waals surface area contributed by atoms with E-state index in [9.17, 15) is 4.79 Å². The molecule has 0 aliphatic heterocycles. The minimum Gasteiger partial charge on any atom is -0.444 e. The van der Waals surface area contributed by atoms with E-state index in [0.29, 0.717) is 5.02 Å². The van der Waals surface area contributed by atoms with Gasteiger partial charge in [-0.2, -0.15) is 0 Å². The maximum atomic E-state index is 11.9. The molecule has 1 atom stereocenters. The lowest BCUT2D eigenvalue weighted by Gasteiger charge is -2.21. The fraction of sp³-hybridized carbons (Fsp3) is 0.471. The number of halogens is 1. The van der Waals surface area contributed by atoms with Gasteiger partial charge >= 0.3 is 6.09 Å². The van der Waals surface area contributed by atoms with Gasteiger partial charge in [-0.05, 0) is 63.8 Å². The highest BCUT2D eigenvalue weighted by molar-refractivity contribution is 6.30. The number of fused-ring (bicyclic) bond motifs is 1. The molecule has 1 aliphatic rings. The highest BCUT2D eigenvalue weighted by Gasteiger charge is 2.27. The molecule has 1 amide bonds. The van der Waals surface area contributed by atoms with Gasteiger partial charge < -0.3 is 10.1 Å². The van der Waals surface area contributed by atoms with Gasteiger partial charge in [0, 0.05) is 16.6 Å². The summed E-state index contributed by atoms with van der Waals surface area (Å²) in [6, 6.07) is 3.87. The fourth-order valence-corrected chi connectivity index (χ4v) is 2.76. The molecule has 0 spiro atoms. The molecule has 0 saturated heterocycles. The van der Waals surface area contributed by atoms with E-state index in [2.05, 4.69) is 17.2 Å². The third kappa shape index (κ3) is 4.15. The first-order chi connectivity index (χ1) is 9.78. The second-order valence-electron chi connectivity index (χ2n) is 6.22. The number of carbonyl (C=O) groups is 1. The van der Waals surface area contributed by atoms with E-state index in [-0.39, 0.29) is 12.1 Å². The van der Waals surface area contributed by atoms with Crippen LogP contribution in [-0.2, 0) is 17.6 Å². The number of nitrogens with one attached hydrogen (secondary N) is 1. The lowest BCUT2D eigenvalue weighted by Crippen LogP contribution is -2.39. The second-order valence-corrected chi connectivity index (χ2v) is 6.65. The quantitative estimate of drug-likeness (QED) is 0.803. The molecule has 0 fully saturated rings. The Hall–Kier alpha value is -1.66. The molecule has 1 aromatic carbocycles. The Morgan fingerprint density at radius 3 is 2.71 bits per heavy atom. The van der Waals surface area contributed by atoms with E-state index in [0.717, 1.165) is 24.0 Å². The zero-order valence-electron chi connectivity index (χ0n) is 12.8. The highest BCUT2D eigenvalue weighted by atomic mass is 35.5.